The first-order chi connectivity index (χ1) is 15.3. The van der Waals surface area contributed by atoms with Crippen molar-refractivity contribution in [3.63, 3.8) is 0 Å². The van der Waals surface area contributed by atoms with Gasteiger partial charge in [0.1, 0.15) is 23.4 Å². The summed E-state index contributed by atoms with van der Waals surface area (Å²) < 4.78 is 35.5. The van der Waals surface area contributed by atoms with Gasteiger partial charge >= 0.3 is 0 Å². The summed E-state index contributed by atoms with van der Waals surface area (Å²) >= 11 is 0. The molecule has 0 amide bonds. The Kier molecular flexibility index (Phi) is 5.91. The number of anilines is 1. The monoisotopic (exact) mass is 452 g/mol. The number of hydrogen-bond donors (Lipinski definition) is 1. The topological polar surface area (TPSA) is 108 Å². The van der Waals surface area contributed by atoms with Gasteiger partial charge < -0.3 is 9.84 Å². The summed E-state index contributed by atoms with van der Waals surface area (Å²) in [6.07, 6.45) is -0.223. The van der Waals surface area contributed by atoms with Gasteiger partial charge in [0, 0.05) is 6.54 Å². The molecule has 0 aliphatic carbocycles. The molecule has 1 unspecified atom stereocenters. The Bertz CT molecular complexity index is 1280. The van der Waals surface area contributed by atoms with Crippen LogP contribution in [0, 0.1) is 25.2 Å². The third-order valence-corrected chi connectivity index (χ3v) is 7.58. The van der Waals surface area contributed by atoms with E-state index in [1.165, 1.54) is 8.99 Å². The molecule has 0 saturated carbocycles. The molecule has 0 fully saturated rings. The maximum atomic E-state index is 13.5. The van der Waals surface area contributed by atoms with Gasteiger partial charge in [0.05, 0.1) is 35.3 Å². The van der Waals surface area contributed by atoms with Gasteiger partial charge in [-0.1, -0.05) is 18.2 Å². The number of para-hydroxylation sites is 1. The predicted molar refractivity (Wildman–Crippen MR) is 119 cm³/mol. The molecule has 3 aromatic rings. The standard InChI is InChI=1S/C23H24N4O4S/c1-16-23(32(29,30)27-12-11-19-5-3-4-6-22(19)27)17(2)26(25-16)14-20(28)15-31-21-9-7-18(13-24)8-10-21/h3-10,20,28H,11-12,14-15H2,1-2H3. The molecule has 1 N–H and O–H groups in total. The third kappa shape index (κ3) is 4.07. The zero-order valence-electron chi connectivity index (χ0n) is 17.9. The Balaban J connectivity index is 1.49. The molecule has 4 rings (SSSR count). The summed E-state index contributed by atoms with van der Waals surface area (Å²) in [4.78, 5) is 0.175. The Labute approximate surface area is 187 Å². The van der Waals surface area contributed by atoms with Crippen molar-refractivity contribution < 1.29 is 18.3 Å². The lowest BCUT2D eigenvalue weighted by molar-refractivity contribution is 0.0886. The number of aryl methyl sites for hydroxylation is 1. The first-order valence-electron chi connectivity index (χ1n) is 10.3. The summed E-state index contributed by atoms with van der Waals surface area (Å²) in [6.45, 7) is 3.86. The van der Waals surface area contributed by atoms with Crippen molar-refractivity contribution in [2.75, 3.05) is 17.5 Å². The number of aliphatic hydroxyl groups excluding tert-OH is 1. The SMILES string of the molecule is Cc1nn(CC(O)COc2ccc(C#N)cc2)c(C)c1S(=O)(=O)N1CCc2ccccc21. The minimum atomic E-state index is -3.78. The van der Waals surface area contributed by atoms with Gasteiger partial charge in [-0.3, -0.25) is 8.99 Å². The van der Waals surface area contributed by atoms with Crippen LogP contribution in [0.25, 0.3) is 0 Å². The minimum Gasteiger partial charge on any atom is -0.491 e. The first-order valence-corrected chi connectivity index (χ1v) is 11.7. The van der Waals surface area contributed by atoms with Crippen LogP contribution >= 0.6 is 0 Å². The highest BCUT2D eigenvalue weighted by molar-refractivity contribution is 7.93. The van der Waals surface area contributed by atoms with Gasteiger partial charge in [0.25, 0.3) is 10.0 Å². The molecule has 9 heteroatoms. The average molecular weight is 453 g/mol. The van der Waals surface area contributed by atoms with Gasteiger partial charge in [-0.05, 0) is 56.2 Å². The van der Waals surface area contributed by atoms with Crippen LogP contribution in [0.2, 0.25) is 0 Å². The molecule has 2 aromatic carbocycles. The van der Waals surface area contributed by atoms with E-state index < -0.39 is 16.1 Å². The van der Waals surface area contributed by atoms with Crippen molar-refractivity contribution in [3.05, 3.63) is 71.0 Å². The largest absolute Gasteiger partial charge is 0.491 e. The van der Waals surface area contributed by atoms with E-state index in [-0.39, 0.29) is 18.0 Å². The molecule has 0 spiro atoms. The van der Waals surface area contributed by atoms with Crippen LogP contribution < -0.4 is 9.04 Å². The van der Waals surface area contributed by atoms with Crippen molar-refractivity contribution in [2.24, 2.45) is 0 Å². The molecule has 1 atom stereocenters. The van der Waals surface area contributed by atoms with Crippen LogP contribution in [-0.2, 0) is 23.0 Å². The molecular formula is C23H24N4O4S. The molecule has 1 aromatic heterocycles. The second kappa shape index (κ2) is 8.65. The Morgan fingerprint density at radius 1 is 1.19 bits per heavy atom. The fourth-order valence-corrected chi connectivity index (χ4v) is 5.85. The zero-order valence-corrected chi connectivity index (χ0v) is 18.7. The maximum absolute atomic E-state index is 13.5. The van der Waals surface area contributed by atoms with E-state index in [1.807, 2.05) is 30.3 Å². The highest BCUT2D eigenvalue weighted by atomic mass is 32.2. The van der Waals surface area contributed by atoms with Crippen LogP contribution in [0.15, 0.2) is 53.4 Å². The van der Waals surface area contributed by atoms with Gasteiger partial charge in [0.2, 0.25) is 0 Å². The van der Waals surface area contributed by atoms with Crippen molar-refractivity contribution in [2.45, 2.75) is 37.8 Å². The maximum Gasteiger partial charge on any atom is 0.268 e. The van der Waals surface area contributed by atoms with E-state index in [2.05, 4.69) is 5.10 Å². The molecule has 1 aliphatic heterocycles. The number of aliphatic hydroxyl groups is 1. The lowest BCUT2D eigenvalue weighted by atomic mass is 10.2. The number of benzene rings is 2. The second-order valence-electron chi connectivity index (χ2n) is 7.74. The van der Waals surface area contributed by atoms with E-state index >= 15 is 0 Å². The average Bonchev–Trinajstić information content (AvgIpc) is 3.34. The highest BCUT2D eigenvalue weighted by Gasteiger charge is 2.35. The summed E-state index contributed by atoms with van der Waals surface area (Å²) in [5, 5.41) is 23.7. The lowest BCUT2D eigenvalue weighted by Gasteiger charge is -2.20. The normalized spacial score (nSPS) is 14.1. The lowest BCUT2D eigenvalue weighted by Crippen LogP contribution is -2.30. The third-order valence-electron chi connectivity index (χ3n) is 5.52. The van der Waals surface area contributed by atoms with E-state index in [9.17, 15) is 13.5 Å². The molecule has 1 aliphatic rings. The summed E-state index contributed by atoms with van der Waals surface area (Å²) in [5.41, 5.74) is 3.11. The molecule has 0 radical (unpaired) electrons. The van der Waals surface area contributed by atoms with Crippen molar-refractivity contribution >= 4 is 15.7 Å². The molecule has 8 nitrogen and oxygen atoms in total. The number of rotatable bonds is 7. The van der Waals surface area contributed by atoms with Gasteiger partial charge in [-0.15, -0.1) is 0 Å². The number of sulfonamides is 1. The van der Waals surface area contributed by atoms with Crippen molar-refractivity contribution in [1.29, 1.82) is 5.26 Å². The molecule has 166 valence electrons. The molecule has 2 heterocycles. The predicted octanol–water partition coefficient (Wildman–Crippen LogP) is 2.56. The van der Waals surface area contributed by atoms with Crippen LogP contribution in [0.3, 0.4) is 0 Å². The van der Waals surface area contributed by atoms with Crippen LogP contribution in [0.4, 0.5) is 5.69 Å². The number of nitrogens with zero attached hydrogens (tertiary/aromatic N) is 4. The Morgan fingerprint density at radius 2 is 1.91 bits per heavy atom. The summed E-state index contributed by atoms with van der Waals surface area (Å²) in [5.74, 6) is 0.535. The van der Waals surface area contributed by atoms with Gasteiger partial charge in [-0.2, -0.15) is 10.4 Å². The zero-order chi connectivity index (χ0) is 22.9. The second-order valence-corrected chi connectivity index (χ2v) is 9.54. The Hall–Kier alpha value is -3.35. The van der Waals surface area contributed by atoms with Crippen molar-refractivity contribution in [1.82, 2.24) is 9.78 Å². The van der Waals surface area contributed by atoms with Crippen molar-refractivity contribution in [3.8, 4) is 11.8 Å². The van der Waals surface area contributed by atoms with E-state index in [4.69, 9.17) is 10.00 Å². The molecule has 32 heavy (non-hydrogen) atoms. The number of fused-ring (bicyclic) bond motifs is 1. The minimum absolute atomic E-state index is 0.00579. The van der Waals surface area contributed by atoms with E-state index in [0.29, 0.717) is 41.4 Å². The first kappa shape index (κ1) is 21.9. The van der Waals surface area contributed by atoms with E-state index in [0.717, 1.165) is 5.56 Å². The fraction of sp³-hybridized carbons (Fsp3) is 0.304. The smallest absolute Gasteiger partial charge is 0.268 e. The number of hydrogen-bond acceptors (Lipinski definition) is 6. The quantitative estimate of drug-likeness (QED) is 0.590. The fourth-order valence-electron chi connectivity index (χ4n) is 3.97. The molecule has 0 bridgehead atoms. The molecule has 0 saturated heterocycles. The molecular weight excluding hydrogens is 428 g/mol. The Morgan fingerprint density at radius 3 is 2.62 bits per heavy atom. The van der Waals surface area contributed by atoms with Crippen LogP contribution in [-0.4, -0.2) is 42.6 Å². The summed E-state index contributed by atoms with van der Waals surface area (Å²) in [7, 11) is -3.78. The number of nitriles is 1. The van der Waals surface area contributed by atoms with Crippen LogP contribution in [0.1, 0.15) is 22.5 Å². The summed E-state index contributed by atoms with van der Waals surface area (Å²) in [6, 6.07) is 16.1. The number of ether oxygens (including phenoxy) is 1. The van der Waals surface area contributed by atoms with E-state index in [1.54, 1.807) is 38.1 Å². The van der Waals surface area contributed by atoms with Gasteiger partial charge in [0.15, 0.2) is 0 Å². The van der Waals surface area contributed by atoms with Crippen LogP contribution in [0.5, 0.6) is 5.75 Å². The number of aromatic nitrogens is 2. The van der Waals surface area contributed by atoms with Gasteiger partial charge in [-0.25, -0.2) is 8.42 Å². The highest BCUT2D eigenvalue weighted by Crippen LogP contribution is 2.34.